The second kappa shape index (κ2) is 68.3. The molecule has 0 spiro atoms. The third kappa shape index (κ3) is 48.7. The van der Waals surface area contributed by atoms with Gasteiger partial charge in [0.2, 0.25) is 124 Å². The number of aliphatic hydroxyl groups is 2. The van der Waals surface area contributed by atoms with Crippen molar-refractivity contribution in [2.24, 2.45) is 46.2 Å². The van der Waals surface area contributed by atoms with Crippen LogP contribution < -0.4 is 130 Å². The Bertz CT molecular complexity index is 4910. The maximum Gasteiger partial charge on any atom is 0.326 e. The van der Waals surface area contributed by atoms with E-state index in [0.29, 0.717) is 44.2 Å². The summed E-state index contributed by atoms with van der Waals surface area (Å²) in [6.45, 7) is 6.70. The molecular formula is C94H149N25O30S. The van der Waals surface area contributed by atoms with E-state index in [9.17, 15) is 146 Å². The van der Waals surface area contributed by atoms with Gasteiger partial charge in [0.05, 0.1) is 51.2 Å². The minimum Gasteiger partial charge on any atom is -0.508 e. The van der Waals surface area contributed by atoms with E-state index < -0.39 is 334 Å². The van der Waals surface area contributed by atoms with Gasteiger partial charge in [0, 0.05) is 32.2 Å². The highest BCUT2D eigenvalue weighted by Gasteiger charge is 2.43. The number of phenols is 1. The number of amides is 21. The normalized spacial score (nSPS) is 15.5. The number of carbonyl (C=O) groups excluding carboxylic acids is 21. The number of aliphatic hydroxyl groups excluding tert-OH is 2. The minimum absolute atomic E-state index is 0.0198. The molecule has 0 radical (unpaired) electrons. The van der Waals surface area contributed by atoms with Crippen molar-refractivity contribution in [3.8, 4) is 5.75 Å². The lowest BCUT2D eigenvalue weighted by atomic mass is 10.0. The number of nitrogens with one attached hydrogen (secondary N) is 18. The number of carboxylic acids is 3. The molecule has 2 aromatic rings. The van der Waals surface area contributed by atoms with Crippen LogP contribution in [0.25, 0.3) is 0 Å². The molecule has 36 N–H and O–H groups in total. The van der Waals surface area contributed by atoms with E-state index in [4.69, 9.17) is 34.4 Å². The molecule has 1 fully saturated rings. The fraction of sp³-hybridized carbons (Fsp3) is 0.617. The van der Waals surface area contributed by atoms with Crippen LogP contribution in [0.2, 0.25) is 0 Å². The predicted octanol–water partition coefficient (Wildman–Crippen LogP) is -10.1. The molecule has 0 aromatic heterocycles. The molecule has 2 aromatic carbocycles. The predicted molar refractivity (Wildman–Crippen MR) is 538 cm³/mol. The summed E-state index contributed by atoms with van der Waals surface area (Å²) >= 11 is 1.28. The number of likely N-dealkylation sites (tertiary alicyclic amines) is 1. The molecule has 836 valence electrons. The number of aliphatic carboxylic acids is 3. The number of rotatable bonds is 72. The molecule has 0 saturated carbocycles. The van der Waals surface area contributed by atoms with Crippen molar-refractivity contribution in [2.75, 3.05) is 64.4 Å². The Morgan fingerprint density at radius 3 is 1.27 bits per heavy atom. The topological polar surface area (TPSA) is 907 Å². The van der Waals surface area contributed by atoms with E-state index in [1.807, 2.05) is 0 Å². The quantitative estimate of drug-likeness (QED) is 0.0274. The van der Waals surface area contributed by atoms with Crippen LogP contribution in [0, 0.1) is 11.8 Å². The summed E-state index contributed by atoms with van der Waals surface area (Å²) < 4.78 is 0. The van der Waals surface area contributed by atoms with Crippen LogP contribution in [0.1, 0.15) is 182 Å². The van der Waals surface area contributed by atoms with Gasteiger partial charge >= 0.3 is 17.9 Å². The van der Waals surface area contributed by atoms with Crippen molar-refractivity contribution in [2.45, 2.75) is 292 Å². The molecule has 1 heterocycles. The number of phenolic OH excluding ortho intramolecular Hbond substituents is 1. The molecule has 21 amide bonds. The first kappa shape index (κ1) is 130. The summed E-state index contributed by atoms with van der Waals surface area (Å²) in [6.07, 6.45) is -3.09. The fourth-order valence-corrected chi connectivity index (χ4v) is 15.6. The number of thioether (sulfide) groups is 1. The summed E-state index contributed by atoms with van der Waals surface area (Å²) in [4.78, 5) is 326. The number of nitrogens with two attached hydrogens (primary N) is 6. The SMILES string of the molecule is CSCC[C@H](NC(=O)[C@H](CO)NC(=O)[C@H](Cc1ccccc1)NC(=O)[C@H](C)NC(=O)CNC(=O)[C@@H](NC(=O)[C@H](CCCCN)NC(=O)[C@H](Cc1ccc(O)cc1)NC(=O)[C@H](CCC(=O)O)NC(=O)[C@H](CC(C)C)NC(=O)[C@H](CC(N)=O)NC(=O)[C@H](C)NC(=O)[C@H](CC(N)=O)NC(=O)CNC(=O)[C@H](CCCCN)NC(=O)CNC(=O)[C@@H](N)CCCCN)[C@@H](C)O)C(=O)N1CCC[C@H]1C(=O)N[C@@H](CCC(=O)O)C(=O)N[C@H](C(=O)O)C(C)C. The van der Waals surface area contributed by atoms with Crippen LogP contribution in [0.15, 0.2) is 54.6 Å². The number of hydrogen-bond acceptors (Lipinski definition) is 32. The van der Waals surface area contributed by atoms with Gasteiger partial charge in [-0.15, -0.1) is 0 Å². The molecule has 150 heavy (non-hydrogen) atoms. The van der Waals surface area contributed by atoms with E-state index in [2.05, 4.69) is 95.7 Å². The lowest BCUT2D eigenvalue weighted by Gasteiger charge is -2.31. The third-order valence-electron chi connectivity index (χ3n) is 23.4. The summed E-state index contributed by atoms with van der Waals surface area (Å²) in [7, 11) is 0. The third-order valence-corrected chi connectivity index (χ3v) is 24.0. The number of hydrogen-bond donors (Lipinski definition) is 30. The van der Waals surface area contributed by atoms with E-state index in [0.717, 1.165) is 18.7 Å². The maximum atomic E-state index is 14.8. The van der Waals surface area contributed by atoms with E-state index in [1.54, 1.807) is 50.4 Å². The first-order valence-electron chi connectivity index (χ1n) is 49.1. The summed E-state index contributed by atoms with van der Waals surface area (Å²) in [5.41, 5.74) is 34.5. The second-order valence-electron chi connectivity index (χ2n) is 36.8. The van der Waals surface area contributed by atoms with E-state index in [-0.39, 0.29) is 94.5 Å². The van der Waals surface area contributed by atoms with Crippen molar-refractivity contribution in [1.82, 2.24) is 101 Å². The smallest absolute Gasteiger partial charge is 0.326 e. The van der Waals surface area contributed by atoms with Crippen molar-refractivity contribution in [1.29, 1.82) is 0 Å². The molecule has 1 saturated heterocycles. The maximum absolute atomic E-state index is 14.8. The number of unbranched alkanes of at least 4 members (excludes halogenated alkanes) is 3. The van der Waals surface area contributed by atoms with Gasteiger partial charge in [-0.1, -0.05) is 76.6 Å². The lowest BCUT2D eigenvalue weighted by Crippen LogP contribution is -2.61. The number of carboxylic acid groups (broad SMARTS) is 3. The first-order valence-corrected chi connectivity index (χ1v) is 50.5. The number of carbonyl (C=O) groups is 24. The fourth-order valence-electron chi connectivity index (χ4n) is 15.1. The Hall–Kier alpha value is -14.4. The zero-order chi connectivity index (χ0) is 113. The van der Waals surface area contributed by atoms with E-state index >= 15 is 0 Å². The van der Waals surface area contributed by atoms with Crippen molar-refractivity contribution in [3.05, 3.63) is 65.7 Å². The Balaban J connectivity index is 1.84. The molecule has 18 atom stereocenters. The highest BCUT2D eigenvalue weighted by Crippen LogP contribution is 2.23. The number of benzene rings is 2. The zero-order valence-corrected chi connectivity index (χ0v) is 86.1. The van der Waals surface area contributed by atoms with Gasteiger partial charge in [-0.05, 0) is 177 Å². The standard InChI is InChI=1S/C94H149N25O30S/c1-48(2)39-62(114-89(143)66(43-70(100)124)113-79(133)51(6)105-85(139)65(42-69(99)123)107-73(127)46-102-81(135)57(22-13-16-35-96)106-72(126)45-101-80(134)56(98)21-12-15-34-95)86(140)109-59(29-31-74(128)129)82(136)115-64(41-54-25-27-55(122)28-26-54)87(141)108-58(23-14-17-36-97)83(137)118-77(52(7)121)92(146)103-44-71(125)104-50(5)78(132)112-63(40-53-19-10-9-11-20-53)88(142)116-67(47-120)90(144)111-61(33-38-150-8)93(147)119-37-18-24-68(119)91(145)110-60(30-32-75(130)131)84(138)117-76(49(3)4)94(148)149/h9-11,19-20,25-28,48-52,56-68,76-77,120-122H,12-18,21-24,29-47,95-98H2,1-8H3,(H2,99,123)(H2,100,124)(H,101,134)(H,102,135)(H,103,146)(H,104,125)(H,105,139)(H,106,126)(H,107,127)(H,108,141)(H,109,140)(H,110,145)(H,111,144)(H,112,132)(H,113,133)(H,114,143)(H,115,136)(H,116,142)(H,117,138)(H,118,137)(H,128,129)(H,130,131)(H,148,149)/t50-,51-,52+,56-,57-,58-,59-,60-,61-,62-,63-,64-,65-,66-,67-,68-,76-,77-/m0/s1. The van der Waals surface area contributed by atoms with Gasteiger partial charge in [-0.2, -0.15) is 11.8 Å². The Kier molecular flexibility index (Phi) is 59.1. The Labute approximate surface area is 870 Å². The molecule has 55 nitrogen and oxygen atoms in total. The number of primary amides is 2. The van der Waals surface area contributed by atoms with Gasteiger partial charge in [0.25, 0.3) is 0 Å². The molecular weight excluding hydrogens is 1990 g/mol. The number of aromatic hydroxyl groups is 1. The molecule has 0 unspecified atom stereocenters. The van der Waals surface area contributed by atoms with Crippen LogP contribution in [-0.2, 0) is 128 Å². The second-order valence-corrected chi connectivity index (χ2v) is 37.8. The first-order chi connectivity index (χ1) is 70.8. The zero-order valence-electron chi connectivity index (χ0n) is 85.3. The van der Waals surface area contributed by atoms with Crippen LogP contribution in [0.3, 0.4) is 0 Å². The minimum atomic E-state index is -1.96. The molecule has 56 heteroatoms. The van der Waals surface area contributed by atoms with Crippen LogP contribution in [-0.4, -0.2) is 351 Å². The average molecular weight is 2140 g/mol. The summed E-state index contributed by atoms with van der Waals surface area (Å²) in [5.74, 6) is -27.7. The number of nitrogens with zero attached hydrogens (tertiary/aromatic N) is 1. The van der Waals surface area contributed by atoms with Crippen molar-refractivity contribution in [3.63, 3.8) is 0 Å². The van der Waals surface area contributed by atoms with Crippen molar-refractivity contribution < 1.29 is 146 Å². The van der Waals surface area contributed by atoms with Gasteiger partial charge in [-0.25, -0.2) is 4.79 Å². The molecule has 1 aliphatic rings. The van der Waals surface area contributed by atoms with Crippen LogP contribution >= 0.6 is 11.8 Å². The van der Waals surface area contributed by atoms with Gasteiger partial charge in [0.15, 0.2) is 0 Å². The van der Waals surface area contributed by atoms with Crippen LogP contribution in [0.5, 0.6) is 5.75 Å². The van der Waals surface area contributed by atoms with Gasteiger partial charge < -0.3 is 166 Å². The van der Waals surface area contributed by atoms with Gasteiger partial charge in [0.1, 0.15) is 102 Å². The van der Waals surface area contributed by atoms with Gasteiger partial charge in [-0.3, -0.25) is 110 Å². The highest BCUT2D eigenvalue weighted by atomic mass is 32.2. The monoisotopic (exact) mass is 2140 g/mol. The van der Waals surface area contributed by atoms with E-state index in [1.165, 1.54) is 56.8 Å². The summed E-state index contributed by atoms with van der Waals surface area (Å²) in [5, 5.41) is 104. The Morgan fingerprint density at radius 1 is 0.400 bits per heavy atom. The lowest BCUT2D eigenvalue weighted by molar-refractivity contribution is -0.145. The molecule has 0 bridgehead atoms. The summed E-state index contributed by atoms with van der Waals surface area (Å²) in [6, 6.07) is -14.1. The molecule has 0 aliphatic carbocycles. The van der Waals surface area contributed by atoms with Crippen LogP contribution in [0.4, 0.5) is 0 Å². The average Bonchev–Trinajstić information content (AvgIpc) is 1.67. The Morgan fingerprint density at radius 2 is 0.787 bits per heavy atom. The van der Waals surface area contributed by atoms with Crippen molar-refractivity contribution >= 4 is 154 Å². The largest absolute Gasteiger partial charge is 0.508 e. The highest BCUT2D eigenvalue weighted by molar-refractivity contribution is 7.98. The molecule has 3 rings (SSSR count). The molecule has 1 aliphatic heterocycles.